The maximum absolute atomic E-state index is 13.5. The third kappa shape index (κ3) is 3.27. The molecule has 1 N–H and O–H groups in total. The molecule has 0 bridgehead atoms. The summed E-state index contributed by atoms with van der Waals surface area (Å²) in [5.74, 6) is -0.539. The van der Waals surface area contributed by atoms with Crippen LogP contribution >= 0.6 is 0 Å². The van der Waals surface area contributed by atoms with Gasteiger partial charge in [-0.15, -0.1) is 0 Å². The first kappa shape index (κ1) is 18.9. The molecule has 2 aliphatic rings. The molecular weight excluding hydrogens is 356 g/mol. The van der Waals surface area contributed by atoms with Crippen molar-refractivity contribution >= 4 is 22.9 Å². The van der Waals surface area contributed by atoms with Crippen LogP contribution in [0, 0.1) is 6.92 Å². The Hall–Kier alpha value is -2.44. The Balaban J connectivity index is 1.85. The van der Waals surface area contributed by atoms with E-state index in [-0.39, 0.29) is 23.9 Å². The second-order valence-corrected chi connectivity index (χ2v) is 9.13. The van der Waals surface area contributed by atoms with E-state index in [1.165, 1.54) is 0 Å². The summed E-state index contributed by atoms with van der Waals surface area (Å²) in [5.41, 5.74) is 2.87. The van der Waals surface area contributed by atoms with E-state index in [4.69, 9.17) is 10.1 Å². The van der Waals surface area contributed by atoms with Crippen molar-refractivity contribution < 1.29 is 14.7 Å². The van der Waals surface area contributed by atoms with E-state index in [2.05, 4.69) is 20.8 Å². The summed E-state index contributed by atoms with van der Waals surface area (Å²) in [6.07, 6.45) is 3.77. The molecule has 28 heavy (non-hydrogen) atoms. The molecule has 150 valence electrons. The van der Waals surface area contributed by atoms with E-state index in [1.54, 1.807) is 4.90 Å². The monoisotopic (exact) mass is 384 g/mol. The maximum Gasteiger partial charge on any atom is 0.305 e. The molecule has 2 aromatic rings. The van der Waals surface area contributed by atoms with Crippen molar-refractivity contribution in [3.8, 4) is 0 Å². The van der Waals surface area contributed by atoms with Crippen LogP contribution in [-0.4, -0.2) is 49.2 Å². The lowest BCUT2D eigenvalue weighted by atomic mass is 10.0. The third-order valence-corrected chi connectivity index (χ3v) is 5.74. The molecule has 1 unspecified atom stereocenters. The summed E-state index contributed by atoms with van der Waals surface area (Å²) in [4.78, 5) is 31.4. The lowest BCUT2D eigenvalue weighted by Gasteiger charge is -2.24. The van der Waals surface area contributed by atoms with Crippen molar-refractivity contribution in [2.24, 2.45) is 0 Å². The van der Waals surface area contributed by atoms with Gasteiger partial charge in [0.2, 0.25) is 0 Å². The quantitative estimate of drug-likeness (QED) is 0.872. The summed E-state index contributed by atoms with van der Waals surface area (Å²) in [5, 5.41) is 14.7. The standard InChI is InChI=1S/C21H28N4O3/c1-12-18-15(20(28)24-9-5-6-14(24)10-17(26)27)11-16(13-7-8-13)22-19(18)25(23-12)21(2,3)4/h11,13-14H,5-10H2,1-4H3,(H,26,27). The minimum atomic E-state index is -0.861. The van der Waals surface area contributed by atoms with E-state index >= 15 is 0 Å². The van der Waals surface area contributed by atoms with Crippen molar-refractivity contribution in [1.82, 2.24) is 19.7 Å². The van der Waals surface area contributed by atoms with Crippen molar-refractivity contribution in [2.75, 3.05) is 6.54 Å². The summed E-state index contributed by atoms with van der Waals surface area (Å²) < 4.78 is 1.92. The van der Waals surface area contributed by atoms with Crippen LogP contribution < -0.4 is 0 Å². The van der Waals surface area contributed by atoms with E-state index in [9.17, 15) is 14.7 Å². The summed E-state index contributed by atoms with van der Waals surface area (Å²) >= 11 is 0. The molecule has 3 heterocycles. The predicted octanol–water partition coefficient (Wildman–Crippen LogP) is 3.45. The molecule has 1 saturated carbocycles. The van der Waals surface area contributed by atoms with E-state index in [0.717, 1.165) is 48.1 Å². The molecule has 7 nitrogen and oxygen atoms in total. The molecule has 1 aliphatic heterocycles. The summed E-state index contributed by atoms with van der Waals surface area (Å²) in [7, 11) is 0. The third-order valence-electron chi connectivity index (χ3n) is 5.74. The Morgan fingerprint density at radius 1 is 1.25 bits per heavy atom. The number of carbonyl (C=O) groups excluding carboxylic acids is 1. The van der Waals surface area contributed by atoms with Gasteiger partial charge in [0.1, 0.15) is 0 Å². The maximum atomic E-state index is 13.5. The van der Waals surface area contributed by atoms with Crippen LogP contribution in [0.25, 0.3) is 11.0 Å². The molecule has 4 rings (SSSR count). The van der Waals surface area contributed by atoms with E-state index in [0.29, 0.717) is 18.0 Å². The Labute approximate surface area is 164 Å². The average Bonchev–Trinajstić information content (AvgIpc) is 3.27. The number of aromatic nitrogens is 3. The molecule has 2 fully saturated rings. The highest BCUT2D eigenvalue weighted by Gasteiger charge is 2.35. The molecule has 0 radical (unpaired) electrons. The summed E-state index contributed by atoms with van der Waals surface area (Å²) in [6.45, 7) is 8.75. The number of amides is 1. The van der Waals surface area contributed by atoms with Gasteiger partial charge in [0.05, 0.1) is 28.6 Å². The van der Waals surface area contributed by atoms with Crippen LogP contribution in [0.15, 0.2) is 6.07 Å². The Morgan fingerprint density at radius 3 is 2.57 bits per heavy atom. The Morgan fingerprint density at radius 2 is 1.96 bits per heavy atom. The van der Waals surface area contributed by atoms with Gasteiger partial charge in [0.25, 0.3) is 5.91 Å². The fourth-order valence-corrected chi connectivity index (χ4v) is 4.20. The van der Waals surface area contributed by atoms with Gasteiger partial charge in [0.15, 0.2) is 5.65 Å². The predicted molar refractivity (Wildman–Crippen MR) is 106 cm³/mol. The molecular formula is C21H28N4O3. The number of carboxylic acids is 1. The smallest absolute Gasteiger partial charge is 0.305 e. The van der Waals surface area contributed by atoms with Gasteiger partial charge in [-0.2, -0.15) is 5.10 Å². The van der Waals surface area contributed by atoms with Gasteiger partial charge in [-0.05, 0) is 59.4 Å². The van der Waals surface area contributed by atoms with Crippen LogP contribution in [0.3, 0.4) is 0 Å². The molecule has 1 aliphatic carbocycles. The van der Waals surface area contributed by atoms with Crippen molar-refractivity contribution in [3.63, 3.8) is 0 Å². The average molecular weight is 384 g/mol. The van der Waals surface area contributed by atoms with Crippen molar-refractivity contribution in [1.29, 1.82) is 0 Å². The topological polar surface area (TPSA) is 88.3 Å². The number of rotatable bonds is 4. The van der Waals surface area contributed by atoms with Gasteiger partial charge >= 0.3 is 5.97 Å². The largest absolute Gasteiger partial charge is 0.481 e. The normalized spacial score (nSPS) is 20.1. The molecule has 0 spiro atoms. The lowest BCUT2D eigenvalue weighted by molar-refractivity contribution is -0.137. The van der Waals surface area contributed by atoms with Crippen molar-refractivity contribution in [3.05, 3.63) is 23.0 Å². The molecule has 2 aromatic heterocycles. The fourth-order valence-electron chi connectivity index (χ4n) is 4.20. The van der Waals surface area contributed by atoms with Crippen molar-refractivity contribution in [2.45, 2.75) is 77.3 Å². The number of hydrogen-bond acceptors (Lipinski definition) is 4. The number of nitrogens with zero attached hydrogens (tertiary/aromatic N) is 4. The number of pyridine rings is 1. The molecule has 1 saturated heterocycles. The van der Waals surface area contributed by atoms with Gasteiger partial charge in [0, 0.05) is 24.2 Å². The van der Waals surface area contributed by atoms with Crippen LogP contribution in [0.1, 0.15) is 80.5 Å². The highest BCUT2D eigenvalue weighted by molar-refractivity contribution is 6.07. The first-order valence-corrected chi connectivity index (χ1v) is 10.1. The Kier molecular flexibility index (Phi) is 4.43. The van der Waals surface area contributed by atoms with Gasteiger partial charge in [-0.1, -0.05) is 0 Å². The SMILES string of the molecule is Cc1nn(C(C)(C)C)c2nc(C3CC3)cc(C(=O)N3CCCC3CC(=O)O)c12. The van der Waals surface area contributed by atoms with Gasteiger partial charge in [-0.3, -0.25) is 9.59 Å². The van der Waals surface area contributed by atoms with Crippen LogP contribution in [0.2, 0.25) is 0 Å². The number of carbonyl (C=O) groups is 2. The van der Waals surface area contributed by atoms with Gasteiger partial charge in [-0.25, -0.2) is 9.67 Å². The molecule has 0 aromatic carbocycles. The first-order valence-electron chi connectivity index (χ1n) is 10.1. The van der Waals surface area contributed by atoms with Crippen LogP contribution in [-0.2, 0) is 10.3 Å². The number of likely N-dealkylation sites (tertiary alicyclic amines) is 1. The zero-order chi connectivity index (χ0) is 20.2. The summed E-state index contributed by atoms with van der Waals surface area (Å²) in [6, 6.07) is 1.69. The van der Waals surface area contributed by atoms with Crippen LogP contribution in [0.4, 0.5) is 0 Å². The Bertz CT molecular complexity index is 953. The zero-order valence-electron chi connectivity index (χ0n) is 17.0. The van der Waals surface area contributed by atoms with Crippen LogP contribution in [0.5, 0.6) is 0 Å². The highest BCUT2D eigenvalue weighted by atomic mass is 16.4. The first-order chi connectivity index (χ1) is 13.2. The number of aliphatic carboxylic acids is 1. The van der Waals surface area contributed by atoms with Gasteiger partial charge < -0.3 is 10.0 Å². The molecule has 1 amide bonds. The number of carboxylic acid groups (broad SMARTS) is 1. The number of hydrogen-bond donors (Lipinski definition) is 1. The number of aryl methyl sites for hydroxylation is 1. The molecule has 1 atom stereocenters. The minimum absolute atomic E-state index is 0.00428. The number of fused-ring (bicyclic) bond motifs is 1. The van der Waals surface area contributed by atoms with E-state index < -0.39 is 5.97 Å². The fraction of sp³-hybridized carbons (Fsp3) is 0.619. The lowest BCUT2D eigenvalue weighted by Crippen LogP contribution is -2.37. The molecule has 7 heteroatoms. The second kappa shape index (κ2) is 6.57. The zero-order valence-corrected chi connectivity index (χ0v) is 17.0. The van der Waals surface area contributed by atoms with E-state index in [1.807, 2.05) is 17.7 Å². The second-order valence-electron chi connectivity index (χ2n) is 9.13. The minimum Gasteiger partial charge on any atom is -0.481 e. The highest BCUT2D eigenvalue weighted by Crippen LogP contribution is 2.41.